The first-order valence-corrected chi connectivity index (χ1v) is 8.67. The van der Waals surface area contributed by atoms with Gasteiger partial charge in [0.05, 0.1) is 12.7 Å². The standard InChI is InChI=1S/C18H25N5O2/c1-18(2,3)14-11-21-15(25-14)12-23-9-5-13(6-10-23)16(24)22-17-19-7-4-8-20-17/h4,7-8,11,13H,5-6,9-10,12H2,1-3H3,(H,19,20,22,24). The Morgan fingerprint density at radius 2 is 1.92 bits per heavy atom. The Hall–Kier alpha value is -2.28. The van der Waals surface area contributed by atoms with Crippen LogP contribution in [-0.4, -0.2) is 38.8 Å². The van der Waals surface area contributed by atoms with E-state index in [4.69, 9.17) is 4.42 Å². The average molecular weight is 343 g/mol. The van der Waals surface area contributed by atoms with Crippen molar-refractivity contribution in [3.05, 3.63) is 36.3 Å². The maximum Gasteiger partial charge on any atom is 0.229 e. The number of hydrogen-bond donors (Lipinski definition) is 1. The number of carbonyl (C=O) groups is 1. The van der Waals surface area contributed by atoms with Crippen LogP contribution >= 0.6 is 0 Å². The molecule has 7 heteroatoms. The van der Waals surface area contributed by atoms with E-state index in [1.165, 1.54) is 0 Å². The highest BCUT2D eigenvalue weighted by atomic mass is 16.4. The van der Waals surface area contributed by atoms with E-state index < -0.39 is 0 Å². The van der Waals surface area contributed by atoms with Crippen LogP contribution in [0.3, 0.4) is 0 Å². The van der Waals surface area contributed by atoms with Crippen LogP contribution < -0.4 is 5.32 Å². The summed E-state index contributed by atoms with van der Waals surface area (Å²) in [6.45, 7) is 8.71. The number of rotatable bonds is 4. The number of piperidine rings is 1. The lowest BCUT2D eigenvalue weighted by Gasteiger charge is -2.30. The summed E-state index contributed by atoms with van der Waals surface area (Å²) in [4.78, 5) is 27.0. The van der Waals surface area contributed by atoms with Gasteiger partial charge in [0.1, 0.15) is 5.76 Å². The lowest BCUT2D eigenvalue weighted by molar-refractivity contribution is -0.121. The Labute approximate surface area is 147 Å². The minimum atomic E-state index is -0.0319. The molecule has 3 rings (SSSR count). The number of likely N-dealkylation sites (tertiary alicyclic amines) is 1. The Morgan fingerprint density at radius 1 is 1.24 bits per heavy atom. The molecule has 7 nitrogen and oxygen atoms in total. The largest absolute Gasteiger partial charge is 0.444 e. The van der Waals surface area contributed by atoms with Gasteiger partial charge in [0.2, 0.25) is 17.7 Å². The van der Waals surface area contributed by atoms with Crippen molar-refractivity contribution in [2.45, 2.75) is 45.6 Å². The lowest BCUT2D eigenvalue weighted by Crippen LogP contribution is -2.38. The van der Waals surface area contributed by atoms with Crippen molar-refractivity contribution in [1.82, 2.24) is 19.9 Å². The fourth-order valence-electron chi connectivity index (χ4n) is 2.85. The normalized spacial score (nSPS) is 16.8. The molecule has 1 saturated heterocycles. The van der Waals surface area contributed by atoms with Gasteiger partial charge in [-0.2, -0.15) is 0 Å². The highest BCUT2D eigenvalue weighted by molar-refractivity contribution is 5.90. The molecule has 0 unspecified atom stereocenters. The van der Waals surface area contributed by atoms with Gasteiger partial charge < -0.3 is 4.42 Å². The highest BCUT2D eigenvalue weighted by Gasteiger charge is 2.27. The molecule has 0 aromatic carbocycles. The number of hydrogen-bond acceptors (Lipinski definition) is 6. The van der Waals surface area contributed by atoms with Gasteiger partial charge >= 0.3 is 0 Å². The average Bonchev–Trinajstić information content (AvgIpc) is 3.05. The first kappa shape index (κ1) is 17.5. The Balaban J connectivity index is 1.48. The highest BCUT2D eigenvalue weighted by Crippen LogP contribution is 2.24. The molecule has 1 amide bonds. The smallest absolute Gasteiger partial charge is 0.229 e. The number of aromatic nitrogens is 3. The fourth-order valence-corrected chi connectivity index (χ4v) is 2.85. The monoisotopic (exact) mass is 343 g/mol. The molecule has 1 aliphatic rings. The summed E-state index contributed by atoms with van der Waals surface area (Å²) in [7, 11) is 0. The molecule has 1 N–H and O–H groups in total. The molecule has 134 valence electrons. The minimum absolute atomic E-state index is 0.00278. The number of anilines is 1. The van der Waals surface area contributed by atoms with Crippen molar-refractivity contribution in [3.8, 4) is 0 Å². The maximum absolute atomic E-state index is 12.3. The zero-order chi connectivity index (χ0) is 17.9. The molecule has 1 fully saturated rings. The molecule has 0 radical (unpaired) electrons. The van der Waals surface area contributed by atoms with Crippen LogP contribution in [0.25, 0.3) is 0 Å². The minimum Gasteiger partial charge on any atom is -0.444 e. The van der Waals surface area contributed by atoms with Crippen LogP contribution in [0.4, 0.5) is 5.95 Å². The number of nitrogens with one attached hydrogen (secondary N) is 1. The number of amides is 1. The molecule has 2 aromatic heterocycles. The van der Waals surface area contributed by atoms with Gasteiger partial charge in [-0.25, -0.2) is 15.0 Å². The first-order chi connectivity index (χ1) is 11.9. The van der Waals surface area contributed by atoms with Crippen LogP contribution in [0.2, 0.25) is 0 Å². The van der Waals surface area contributed by atoms with Gasteiger partial charge in [-0.3, -0.25) is 15.0 Å². The number of oxazole rings is 1. The third-order valence-corrected chi connectivity index (χ3v) is 4.41. The molecule has 0 atom stereocenters. The molecule has 0 bridgehead atoms. The Bertz CT molecular complexity index is 700. The lowest BCUT2D eigenvalue weighted by atomic mass is 9.94. The number of carbonyl (C=O) groups excluding carboxylic acids is 1. The van der Waals surface area contributed by atoms with E-state index in [1.54, 1.807) is 18.5 Å². The third-order valence-electron chi connectivity index (χ3n) is 4.41. The Morgan fingerprint density at radius 3 is 2.52 bits per heavy atom. The van der Waals surface area contributed by atoms with Gasteiger partial charge in [0, 0.05) is 23.7 Å². The van der Waals surface area contributed by atoms with Gasteiger partial charge in [-0.05, 0) is 32.0 Å². The third kappa shape index (κ3) is 4.63. The van der Waals surface area contributed by atoms with Gasteiger partial charge in [-0.15, -0.1) is 0 Å². The quantitative estimate of drug-likeness (QED) is 0.918. The van der Waals surface area contributed by atoms with Crippen LogP contribution in [-0.2, 0) is 16.8 Å². The molecule has 0 aliphatic carbocycles. The van der Waals surface area contributed by atoms with Crippen molar-refractivity contribution in [3.63, 3.8) is 0 Å². The van der Waals surface area contributed by atoms with Crippen LogP contribution in [0.5, 0.6) is 0 Å². The van der Waals surface area contributed by atoms with Crippen molar-refractivity contribution in [2.75, 3.05) is 18.4 Å². The van der Waals surface area contributed by atoms with Gasteiger partial charge in [-0.1, -0.05) is 20.8 Å². The topological polar surface area (TPSA) is 84.2 Å². The summed E-state index contributed by atoms with van der Waals surface area (Å²) in [5.41, 5.74) is -0.0319. The predicted molar refractivity (Wildman–Crippen MR) is 93.9 cm³/mol. The van der Waals surface area contributed by atoms with Crippen molar-refractivity contribution >= 4 is 11.9 Å². The SMILES string of the molecule is CC(C)(C)c1cnc(CN2CCC(C(=O)Nc3ncccn3)CC2)o1. The van der Waals surface area contributed by atoms with E-state index in [-0.39, 0.29) is 17.2 Å². The first-order valence-electron chi connectivity index (χ1n) is 8.67. The van der Waals surface area contributed by atoms with Crippen LogP contribution in [0, 0.1) is 5.92 Å². The fraction of sp³-hybridized carbons (Fsp3) is 0.556. The second-order valence-corrected chi connectivity index (χ2v) is 7.48. The van der Waals surface area contributed by atoms with E-state index in [0.717, 1.165) is 37.6 Å². The molecular formula is C18H25N5O2. The summed E-state index contributed by atoms with van der Waals surface area (Å²) < 4.78 is 5.86. The number of nitrogens with zero attached hydrogens (tertiary/aromatic N) is 4. The van der Waals surface area contributed by atoms with E-state index in [2.05, 4.69) is 45.9 Å². The molecule has 2 aromatic rings. The van der Waals surface area contributed by atoms with Crippen LogP contribution in [0.15, 0.2) is 29.1 Å². The predicted octanol–water partition coefficient (Wildman–Crippen LogP) is 2.61. The van der Waals surface area contributed by atoms with Crippen LogP contribution in [0.1, 0.15) is 45.3 Å². The van der Waals surface area contributed by atoms with E-state index in [0.29, 0.717) is 12.5 Å². The molecular weight excluding hydrogens is 318 g/mol. The second kappa shape index (κ2) is 7.31. The molecule has 3 heterocycles. The second-order valence-electron chi connectivity index (χ2n) is 7.48. The summed E-state index contributed by atoms with van der Waals surface area (Å²) in [6.07, 6.45) is 6.67. The van der Waals surface area contributed by atoms with Gasteiger partial charge in [0.25, 0.3) is 0 Å². The molecule has 0 saturated carbocycles. The summed E-state index contributed by atoms with van der Waals surface area (Å²) in [5.74, 6) is 2.00. The summed E-state index contributed by atoms with van der Waals surface area (Å²) in [6, 6.07) is 1.72. The molecule has 1 aliphatic heterocycles. The molecule has 0 spiro atoms. The summed E-state index contributed by atoms with van der Waals surface area (Å²) in [5, 5.41) is 2.79. The zero-order valence-corrected chi connectivity index (χ0v) is 15.0. The van der Waals surface area contributed by atoms with Crippen molar-refractivity contribution in [2.24, 2.45) is 5.92 Å². The van der Waals surface area contributed by atoms with Crippen molar-refractivity contribution < 1.29 is 9.21 Å². The maximum atomic E-state index is 12.3. The van der Waals surface area contributed by atoms with E-state index in [1.807, 2.05) is 6.20 Å². The Kier molecular flexibility index (Phi) is 5.13. The van der Waals surface area contributed by atoms with E-state index >= 15 is 0 Å². The van der Waals surface area contributed by atoms with Crippen molar-refractivity contribution in [1.29, 1.82) is 0 Å². The zero-order valence-electron chi connectivity index (χ0n) is 15.0. The van der Waals surface area contributed by atoms with E-state index in [9.17, 15) is 4.79 Å². The summed E-state index contributed by atoms with van der Waals surface area (Å²) >= 11 is 0. The molecule has 25 heavy (non-hydrogen) atoms. The van der Waals surface area contributed by atoms with Gasteiger partial charge in [0.15, 0.2) is 0 Å².